The summed E-state index contributed by atoms with van der Waals surface area (Å²) < 4.78 is 0. The molecule has 2 aliphatic heterocycles. The normalized spacial score (nSPS) is 27.7. The molecule has 1 aromatic carbocycles. The van der Waals surface area contributed by atoms with Gasteiger partial charge in [0.15, 0.2) is 0 Å². The number of nitrogens with zero attached hydrogens (tertiary/aromatic N) is 2. The summed E-state index contributed by atoms with van der Waals surface area (Å²) in [6.45, 7) is 7.16. The van der Waals surface area contributed by atoms with Crippen LogP contribution in [-0.4, -0.2) is 36.5 Å². The Labute approximate surface area is 147 Å². The van der Waals surface area contributed by atoms with Gasteiger partial charge >= 0.3 is 0 Å². The zero-order chi connectivity index (χ0) is 16.7. The second-order valence-electron chi connectivity index (χ2n) is 7.33. The monoisotopic (exact) mass is 340 g/mol. The molecule has 24 heavy (non-hydrogen) atoms. The third kappa shape index (κ3) is 2.40. The summed E-state index contributed by atoms with van der Waals surface area (Å²) in [6, 6.07) is 13.2. The maximum Gasteiger partial charge on any atom is 0.235 e. The van der Waals surface area contributed by atoms with Crippen LogP contribution in [-0.2, 0) is 4.79 Å². The lowest BCUT2D eigenvalue weighted by atomic mass is 9.73. The smallest absolute Gasteiger partial charge is 0.235 e. The van der Waals surface area contributed by atoms with Crippen molar-refractivity contribution >= 4 is 22.9 Å². The quantitative estimate of drug-likeness (QED) is 0.844. The van der Waals surface area contributed by atoms with Gasteiger partial charge in [-0.05, 0) is 37.3 Å². The van der Waals surface area contributed by atoms with Crippen molar-refractivity contribution in [2.45, 2.75) is 32.2 Å². The van der Waals surface area contributed by atoms with Gasteiger partial charge in [-0.15, -0.1) is 0 Å². The van der Waals surface area contributed by atoms with Gasteiger partial charge in [-0.25, -0.2) is 0 Å². The van der Waals surface area contributed by atoms with E-state index in [9.17, 15) is 4.79 Å². The second kappa shape index (κ2) is 6.01. The first-order chi connectivity index (χ1) is 11.6. The number of likely N-dealkylation sites (tertiary alicyclic amines) is 1. The molecule has 1 amide bonds. The molecule has 4 heteroatoms. The number of benzene rings is 1. The highest BCUT2D eigenvalue weighted by molar-refractivity contribution is 7.08. The zero-order valence-electron chi connectivity index (χ0n) is 14.3. The fourth-order valence-corrected chi connectivity index (χ4v) is 5.01. The number of carbonyl (C=O) groups excluding carboxylic acids is 1. The maximum absolute atomic E-state index is 13.5. The largest absolute Gasteiger partial charge is 0.311 e. The van der Waals surface area contributed by atoms with Crippen LogP contribution in [0.25, 0.3) is 0 Å². The number of hydrogen-bond donors (Lipinski definition) is 0. The molecule has 0 aliphatic carbocycles. The van der Waals surface area contributed by atoms with E-state index in [1.54, 1.807) is 11.3 Å². The van der Waals surface area contributed by atoms with Crippen LogP contribution < -0.4 is 4.90 Å². The summed E-state index contributed by atoms with van der Waals surface area (Å²) in [5.41, 5.74) is 2.10. The van der Waals surface area contributed by atoms with Crippen molar-refractivity contribution in [1.29, 1.82) is 0 Å². The van der Waals surface area contributed by atoms with Crippen LogP contribution >= 0.6 is 11.3 Å². The number of rotatable bonds is 3. The first-order valence-corrected chi connectivity index (χ1v) is 9.69. The molecule has 0 saturated carbocycles. The van der Waals surface area contributed by atoms with E-state index in [1.807, 2.05) is 4.90 Å². The van der Waals surface area contributed by atoms with E-state index in [4.69, 9.17) is 0 Å². The average Bonchev–Trinajstić information content (AvgIpc) is 3.30. The Hall–Kier alpha value is -1.65. The molecule has 3 nitrogen and oxygen atoms in total. The molecule has 0 bridgehead atoms. The van der Waals surface area contributed by atoms with Gasteiger partial charge in [-0.1, -0.05) is 30.3 Å². The van der Waals surface area contributed by atoms with Crippen LogP contribution in [0, 0.1) is 5.41 Å². The van der Waals surface area contributed by atoms with Crippen molar-refractivity contribution in [3.8, 4) is 0 Å². The predicted octanol–water partition coefficient (Wildman–Crippen LogP) is 3.98. The van der Waals surface area contributed by atoms with Gasteiger partial charge in [0, 0.05) is 37.0 Å². The first kappa shape index (κ1) is 15.9. The third-order valence-electron chi connectivity index (χ3n) is 5.77. The molecule has 1 aromatic heterocycles. The fourth-order valence-electron chi connectivity index (χ4n) is 4.37. The van der Waals surface area contributed by atoms with E-state index in [0.717, 1.165) is 31.7 Å². The minimum absolute atomic E-state index is 0.270. The third-order valence-corrected chi connectivity index (χ3v) is 6.44. The Kier molecular flexibility index (Phi) is 3.97. The van der Waals surface area contributed by atoms with Crippen LogP contribution in [0.4, 0.5) is 5.69 Å². The Bertz CT molecular complexity index is 713. The van der Waals surface area contributed by atoms with Crippen molar-refractivity contribution < 1.29 is 4.79 Å². The van der Waals surface area contributed by atoms with Gasteiger partial charge in [0.05, 0.1) is 11.1 Å². The van der Waals surface area contributed by atoms with Gasteiger partial charge in [0.1, 0.15) is 0 Å². The molecule has 2 aromatic rings. The zero-order valence-corrected chi connectivity index (χ0v) is 15.1. The molecule has 2 saturated heterocycles. The topological polar surface area (TPSA) is 23.6 Å². The number of carbonyl (C=O) groups is 1. The summed E-state index contributed by atoms with van der Waals surface area (Å²) in [5.74, 6) is 0.607. The standard InChI is InChI=1S/C20H24N2OS/c1-15(2)21-12-18(16-6-4-3-5-7-16)20(14-21)9-10-22(19(20)23)17-8-11-24-13-17/h3-8,11,13,15,18H,9-10,12,14H2,1-2H3/t18-,20+/m0/s1. The molecule has 2 atom stereocenters. The van der Waals surface area contributed by atoms with E-state index in [-0.39, 0.29) is 11.3 Å². The van der Waals surface area contributed by atoms with Crippen LogP contribution in [0.5, 0.6) is 0 Å². The molecule has 2 aliphatic rings. The Balaban J connectivity index is 1.72. The highest BCUT2D eigenvalue weighted by atomic mass is 32.1. The molecule has 1 spiro atoms. The molecule has 0 unspecified atom stereocenters. The number of hydrogen-bond acceptors (Lipinski definition) is 3. The van der Waals surface area contributed by atoms with E-state index in [0.29, 0.717) is 11.9 Å². The SMILES string of the molecule is CC(C)N1C[C@@H](c2ccccc2)[C@@]2(CCN(c3ccsc3)C2=O)C1. The van der Waals surface area contributed by atoms with Crippen LogP contribution in [0.2, 0.25) is 0 Å². The van der Waals surface area contributed by atoms with Crippen LogP contribution in [0.1, 0.15) is 31.7 Å². The van der Waals surface area contributed by atoms with Gasteiger partial charge in [0.25, 0.3) is 0 Å². The first-order valence-electron chi connectivity index (χ1n) is 8.75. The van der Waals surface area contributed by atoms with E-state index >= 15 is 0 Å². The maximum atomic E-state index is 13.5. The molecular weight excluding hydrogens is 316 g/mol. The van der Waals surface area contributed by atoms with E-state index < -0.39 is 0 Å². The Morgan fingerprint density at radius 3 is 2.67 bits per heavy atom. The Morgan fingerprint density at radius 2 is 2.00 bits per heavy atom. The molecule has 3 heterocycles. The summed E-state index contributed by atoms with van der Waals surface area (Å²) in [7, 11) is 0. The second-order valence-corrected chi connectivity index (χ2v) is 8.11. The van der Waals surface area contributed by atoms with E-state index in [1.165, 1.54) is 5.56 Å². The van der Waals surface area contributed by atoms with Gasteiger partial charge < -0.3 is 4.90 Å². The summed E-state index contributed by atoms with van der Waals surface area (Å²) in [6.07, 6.45) is 0.949. The lowest BCUT2D eigenvalue weighted by Gasteiger charge is -2.29. The molecule has 126 valence electrons. The molecule has 0 radical (unpaired) electrons. The molecule has 0 N–H and O–H groups in total. The van der Waals surface area contributed by atoms with Crippen molar-refractivity contribution in [2.75, 3.05) is 24.5 Å². The minimum atomic E-state index is -0.270. The average molecular weight is 340 g/mol. The lowest BCUT2D eigenvalue weighted by Crippen LogP contribution is -2.40. The lowest BCUT2D eigenvalue weighted by molar-refractivity contribution is -0.125. The van der Waals surface area contributed by atoms with E-state index in [2.05, 4.69) is 65.9 Å². The van der Waals surface area contributed by atoms with Crippen molar-refractivity contribution in [2.24, 2.45) is 5.41 Å². The summed E-state index contributed by atoms with van der Waals surface area (Å²) in [5, 5.41) is 4.14. The van der Waals surface area contributed by atoms with Crippen molar-refractivity contribution in [3.05, 3.63) is 52.7 Å². The van der Waals surface area contributed by atoms with Crippen LogP contribution in [0.3, 0.4) is 0 Å². The Morgan fingerprint density at radius 1 is 1.21 bits per heavy atom. The fraction of sp³-hybridized carbons (Fsp3) is 0.450. The minimum Gasteiger partial charge on any atom is -0.311 e. The van der Waals surface area contributed by atoms with Crippen molar-refractivity contribution in [3.63, 3.8) is 0 Å². The van der Waals surface area contributed by atoms with Crippen LogP contribution in [0.15, 0.2) is 47.2 Å². The number of anilines is 1. The summed E-state index contributed by atoms with van der Waals surface area (Å²) in [4.78, 5) is 18.0. The highest BCUT2D eigenvalue weighted by Gasteiger charge is 2.57. The van der Waals surface area contributed by atoms with Gasteiger partial charge in [-0.2, -0.15) is 11.3 Å². The number of amides is 1. The van der Waals surface area contributed by atoms with Gasteiger partial charge in [-0.3, -0.25) is 9.69 Å². The summed E-state index contributed by atoms with van der Waals surface area (Å²) >= 11 is 1.66. The van der Waals surface area contributed by atoms with Gasteiger partial charge in [0.2, 0.25) is 5.91 Å². The molecule has 2 fully saturated rings. The van der Waals surface area contributed by atoms with Crippen molar-refractivity contribution in [1.82, 2.24) is 4.90 Å². The number of thiophene rings is 1. The molecule has 4 rings (SSSR count). The predicted molar refractivity (Wildman–Crippen MR) is 99.6 cm³/mol. The molecular formula is C20H24N2OS. The highest BCUT2D eigenvalue weighted by Crippen LogP contribution is 2.51.